The van der Waals surface area contributed by atoms with Crippen LogP contribution in [0.25, 0.3) is 122 Å². The number of hydrogen-bond acceptors (Lipinski definition) is 2. The van der Waals surface area contributed by atoms with E-state index in [0.29, 0.717) is 5.82 Å². The van der Waals surface area contributed by atoms with Gasteiger partial charge in [-0.25, -0.2) is 9.97 Å². The molecule has 0 spiro atoms. The van der Waals surface area contributed by atoms with Gasteiger partial charge in [-0.2, -0.15) is 0 Å². The van der Waals surface area contributed by atoms with Gasteiger partial charge in [0.1, 0.15) is 0 Å². The molecule has 0 saturated carbocycles. The third-order valence-corrected chi connectivity index (χ3v) is 12.9. The Kier molecular flexibility index (Phi) is 8.18. The summed E-state index contributed by atoms with van der Waals surface area (Å²) in [7, 11) is 0. The number of nitrogens with zero attached hydrogens (tertiary/aromatic N) is 4. The molecule has 0 amide bonds. The normalized spacial score (nSPS) is 11.8. The van der Waals surface area contributed by atoms with E-state index in [1.807, 2.05) is 0 Å². The zero-order valence-electron chi connectivity index (χ0n) is 34.7. The first kappa shape index (κ1) is 36.1. The van der Waals surface area contributed by atoms with Gasteiger partial charge in [-0.05, 0) is 118 Å². The first-order valence-corrected chi connectivity index (χ1v) is 21.8. The maximum absolute atomic E-state index is 5.23. The summed E-state index contributed by atoms with van der Waals surface area (Å²) in [5.41, 5.74) is 14.2. The van der Waals surface area contributed by atoms with Crippen LogP contribution < -0.4 is 0 Å². The summed E-state index contributed by atoms with van der Waals surface area (Å²) in [4.78, 5) is 10.5. The van der Waals surface area contributed by atoms with Crippen molar-refractivity contribution in [3.63, 3.8) is 0 Å². The Bertz CT molecular complexity index is 3850. The molecule has 0 aliphatic rings. The van der Waals surface area contributed by atoms with Crippen molar-refractivity contribution in [2.45, 2.75) is 0 Å². The first-order chi connectivity index (χ1) is 31.7. The van der Waals surface area contributed by atoms with E-state index in [1.54, 1.807) is 0 Å². The van der Waals surface area contributed by atoms with E-state index in [-0.39, 0.29) is 0 Å². The van der Waals surface area contributed by atoms with Crippen molar-refractivity contribution in [2.75, 3.05) is 0 Å². The lowest BCUT2D eigenvalue weighted by Crippen LogP contribution is -1.97. The largest absolute Gasteiger partial charge is 0.309 e. The van der Waals surface area contributed by atoms with Gasteiger partial charge in [0, 0.05) is 49.6 Å². The molecule has 0 saturated heterocycles. The average molecular weight is 815 g/mol. The van der Waals surface area contributed by atoms with Gasteiger partial charge in [0.2, 0.25) is 0 Å². The lowest BCUT2D eigenvalue weighted by atomic mass is 10.0. The second kappa shape index (κ2) is 14.5. The van der Waals surface area contributed by atoms with E-state index >= 15 is 0 Å². The van der Waals surface area contributed by atoms with Gasteiger partial charge < -0.3 is 9.13 Å². The summed E-state index contributed by atoms with van der Waals surface area (Å²) < 4.78 is 4.76. The molecule has 0 unspecified atom stereocenters. The number of hydrogen-bond donors (Lipinski definition) is 0. The fourth-order valence-electron chi connectivity index (χ4n) is 9.76. The summed E-state index contributed by atoms with van der Waals surface area (Å²) in [5.74, 6) is 0.690. The standard InChI is InChI=1S/C60H38N4/c1-2-16-48(17-3-1)64-56-20-10-8-18-50(56)52-32-28-45(37-59(52)64)44-29-33-58-53(36-44)51-19-9-11-21-57(51)63(58)49-30-26-41(27-31-49)60-61-54(46-24-22-39-12-4-6-14-42(39)34-46)38-55(62-60)47-25-23-40-13-5-7-15-43(40)35-47/h1-38H. The van der Waals surface area contributed by atoms with Crippen molar-refractivity contribution in [1.82, 2.24) is 19.1 Å². The maximum atomic E-state index is 5.23. The maximum Gasteiger partial charge on any atom is 0.160 e. The van der Waals surface area contributed by atoms with Gasteiger partial charge in [-0.3, -0.25) is 0 Å². The van der Waals surface area contributed by atoms with E-state index < -0.39 is 0 Å². The molecule has 13 rings (SSSR count). The van der Waals surface area contributed by atoms with Crippen LogP contribution in [0, 0.1) is 0 Å². The van der Waals surface area contributed by atoms with Gasteiger partial charge in [0.15, 0.2) is 5.82 Å². The molecule has 298 valence electrons. The topological polar surface area (TPSA) is 35.6 Å². The predicted octanol–water partition coefficient (Wildman–Crippen LogP) is 15.6. The van der Waals surface area contributed by atoms with Crippen LogP contribution in [0.4, 0.5) is 0 Å². The summed E-state index contributed by atoms with van der Waals surface area (Å²) >= 11 is 0. The first-order valence-electron chi connectivity index (χ1n) is 21.8. The van der Waals surface area contributed by atoms with Crippen molar-refractivity contribution in [3.05, 3.63) is 231 Å². The van der Waals surface area contributed by atoms with Crippen LogP contribution in [0.1, 0.15) is 0 Å². The van der Waals surface area contributed by atoms with Crippen molar-refractivity contribution in [3.8, 4) is 56.4 Å². The number of rotatable bonds is 6. The van der Waals surface area contributed by atoms with Crippen molar-refractivity contribution >= 4 is 65.2 Å². The third kappa shape index (κ3) is 5.92. The smallest absolute Gasteiger partial charge is 0.160 e. The Hall–Kier alpha value is -8.60. The molecule has 0 atom stereocenters. The van der Waals surface area contributed by atoms with Gasteiger partial charge in [-0.15, -0.1) is 0 Å². The monoisotopic (exact) mass is 814 g/mol. The van der Waals surface area contributed by atoms with E-state index in [1.165, 1.54) is 65.3 Å². The number of aromatic nitrogens is 4. The number of benzene rings is 10. The Morgan fingerprint density at radius 3 is 1.36 bits per heavy atom. The third-order valence-electron chi connectivity index (χ3n) is 12.9. The highest BCUT2D eigenvalue weighted by molar-refractivity contribution is 6.12. The highest BCUT2D eigenvalue weighted by Gasteiger charge is 2.17. The molecule has 0 aliphatic carbocycles. The SMILES string of the molecule is c1ccc(-n2c3ccccc3c3ccc(-c4ccc5c(c4)c4ccccc4n5-c4ccc(-c5nc(-c6ccc7ccccc7c6)cc(-c6ccc7ccccc7c6)n5)cc4)cc32)cc1. The van der Waals surface area contributed by atoms with Gasteiger partial charge in [0.25, 0.3) is 0 Å². The summed E-state index contributed by atoms with van der Waals surface area (Å²) in [6, 6.07) is 82.8. The fraction of sp³-hybridized carbons (Fsp3) is 0. The molecule has 0 aliphatic heterocycles. The van der Waals surface area contributed by atoms with Crippen LogP contribution in [0.5, 0.6) is 0 Å². The molecule has 0 radical (unpaired) electrons. The van der Waals surface area contributed by atoms with Crippen LogP contribution in [-0.4, -0.2) is 19.1 Å². The predicted molar refractivity (Wildman–Crippen MR) is 267 cm³/mol. The average Bonchev–Trinajstić information content (AvgIpc) is 3.88. The van der Waals surface area contributed by atoms with Crippen LogP contribution >= 0.6 is 0 Å². The second-order valence-electron chi connectivity index (χ2n) is 16.6. The molecular formula is C60H38N4. The molecule has 3 heterocycles. The fourth-order valence-corrected chi connectivity index (χ4v) is 9.76. The molecule has 3 aromatic heterocycles. The molecular weight excluding hydrogens is 777 g/mol. The minimum Gasteiger partial charge on any atom is -0.309 e. The molecule has 0 N–H and O–H groups in total. The van der Waals surface area contributed by atoms with E-state index in [2.05, 4.69) is 240 Å². The summed E-state index contributed by atoms with van der Waals surface area (Å²) in [5, 5.41) is 9.72. The molecule has 0 fully saturated rings. The number of para-hydroxylation sites is 3. The van der Waals surface area contributed by atoms with Crippen LogP contribution in [0.2, 0.25) is 0 Å². The van der Waals surface area contributed by atoms with Gasteiger partial charge in [-0.1, -0.05) is 146 Å². The quantitative estimate of drug-likeness (QED) is 0.168. The molecule has 64 heavy (non-hydrogen) atoms. The molecule has 4 heteroatoms. The van der Waals surface area contributed by atoms with E-state index in [4.69, 9.17) is 9.97 Å². The van der Waals surface area contributed by atoms with Gasteiger partial charge >= 0.3 is 0 Å². The second-order valence-corrected chi connectivity index (χ2v) is 16.6. The van der Waals surface area contributed by atoms with Crippen LogP contribution in [-0.2, 0) is 0 Å². The Morgan fingerprint density at radius 1 is 0.250 bits per heavy atom. The summed E-state index contributed by atoms with van der Waals surface area (Å²) in [6.07, 6.45) is 0. The molecule has 0 bridgehead atoms. The van der Waals surface area contributed by atoms with Gasteiger partial charge in [0.05, 0.1) is 33.5 Å². The molecule has 10 aromatic carbocycles. The summed E-state index contributed by atoms with van der Waals surface area (Å²) in [6.45, 7) is 0. The minimum atomic E-state index is 0.690. The highest BCUT2D eigenvalue weighted by atomic mass is 15.0. The van der Waals surface area contributed by atoms with Crippen molar-refractivity contribution in [2.24, 2.45) is 0 Å². The lowest BCUT2D eigenvalue weighted by molar-refractivity contribution is 1.16. The van der Waals surface area contributed by atoms with Crippen molar-refractivity contribution in [1.29, 1.82) is 0 Å². The van der Waals surface area contributed by atoms with Crippen LogP contribution in [0.3, 0.4) is 0 Å². The number of fused-ring (bicyclic) bond motifs is 8. The Morgan fingerprint density at radius 2 is 0.703 bits per heavy atom. The van der Waals surface area contributed by atoms with Crippen molar-refractivity contribution < 1.29 is 0 Å². The lowest BCUT2D eigenvalue weighted by Gasteiger charge is -2.12. The van der Waals surface area contributed by atoms with E-state index in [0.717, 1.165) is 50.5 Å². The zero-order valence-corrected chi connectivity index (χ0v) is 34.7. The Balaban J connectivity index is 0.916. The minimum absolute atomic E-state index is 0.690. The highest BCUT2D eigenvalue weighted by Crippen LogP contribution is 2.39. The molecule has 13 aromatic rings. The van der Waals surface area contributed by atoms with Crippen LogP contribution in [0.15, 0.2) is 231 Å². The zero-order chi connectivity index (χ0) is 42.1. The van der Waals surface area contributed by atoms with E-state index in [9.17, 15) is 0 Å². The Labute approximate surface area is 369 Å². The molecule has 4 nitrogen and oxygen atoms in total.